The van der Waals surface area contributed by atoms with Crippen LogP contribution in [0.1, 0.15) is 11.3 Å². The van der Waals surface area contributed by atoms with E-state index in [4.69, 9.17) is 11.6 Å². The summed E-state index contributed by atoms with van der Waals surface area (Å²) in [7, 11) is 0. The van der Waals surface area contributed by atoms with Gasteiger partial charge in [-0.05, 0) is 30.7 Å². The number of aromatic nitrogens is 2. The Hall–Kier alpha value is -2.33. The van der Waals surface area contributed by atoms with Crippen molar-refractivity contribution < 1.29 is 0 Å². The van der Waals surface area contributed by atoms with Crippen molar-refractivity contribution in [2.45, 2.75) is 13.5 Å². The zero-order chi connectivity index (χ0) is 14.8. The van der Waals surface area contributed by atoms with Crippen LogP contribution in [0.3, 0.4) is 0 Å². The van der Waals surface area contributed by atoms with Gasteiger partial charge in [0.15, 0.2) is 0 Å². The zero-order valence-electron chi connectivity index (χ0n) is 11.5. The van der Waals surface area contributed by atoms with Gasteiger partial charge in [0.1, 0.15) is 5.65 Å². The molecule has 0 radical (unpaired) electrons. The Morgan fingerprint density at radius 3 is 2.86 bits per heavy atom. The van der Waals surface area contributed by atoms with Crippen LogP contribution in [0, 0.1) is 6.92 Å². The smallest absolute Gasteiger partial charge is 0.258 e. The number of hydrogen-bond acceptors (Lipinski definition) is 3. The summed E-state index contributed by atoms with van der Waals surface area (Å²) in [5.74, 6) is 0. The predicted octanol–water partition coefficient (Wildman–Crippen LogP) is 3.27. The molecule has 0 atom stereocenters. The van der Waals surface area contributed by atoms with Gasteiger partial charge < -0.3 is 5.32 Å². The van der Waals surface area contributed by atoms with Gasteiger partial charge in [-0.15, -0.1) is 0 Å². The lowest BCUT2D eigenvalue weighted by molar-refractivity contribution is 0.964. The SMILES string of the molecule is Cc1cccn2c(=O)cc(CNc3ccccc3Cl)nc12. The molecule has 0 saturated carbocycles. The van der Waals surface area contributed by atoms with Crippen LogP contribution in [0.25, 0.3) is 5.65 Å². The average Bonchev–Trinajstić information content (AvgIpc) is 2.48. The van der Waals surface area contributed by atoms with Crippen molar-refractivity contribution in [3.05, 3.63) is 75.3 Å². The number of nitrogens with zero attached hydrogens (tertiary/aromatic N) is 2. The second-order valence-corrected chi connectivity index (χ2v) is 5.21. The number of anilines is 1. The van der Waals surface area contributed by atoms with Crippen molar-refractivity contribution in [2.24, 2.45) is 0 Å². The molecule has 106 valence electrons. The summed E-state index contributed by atoms with van der Waals surface area (Å²) in [6, 6.07) is 12.8. The number of rotatable bonds is 3. The van der Waals surface area contributed by atoms with Crippen LogP contribution in [0.4, 0.5) is 5.69 Å². The number of aryl methyl sites for hydroxylation is 1. The van der Waals surface area contributed by atoms with Gasteiger partial charge >= 0.3 is 0 Å². The number of para-hydroxylation sites is 1. The summed E-state index contributed by atoms with van der Waals surface area (Å²) in [6.45, 7) is 2.39. The largest absolute Gasteiger partial charge is 0.378 e. The molecule has 0 spiro atoms. The average molecular weight is 300 g/mol. The quantitative estimate of drug-likeness (QED) is 0.807. The number of nitrogens with one attached hydrogen (secondary N) is 1. The van der Waals surface area contributed by atoms with Crippen LogP contribution < -0.4 is 10.9 Å². The maximum atomic E-state index is 12.1. The van der Waals surface area contributed by atoms with Gasteiger partial charge in [0.2, 0.25) is 0 Å². The van der Waals surface area contributed by atoms with E-state index in [9.17, 15) is 4.79 Å². The van der Waals surface area contributed by atoms with Gasteiger partial charge in [-0.3, -0.25) is 9.20 Å². The van der Waals surface area contributed by atoms with E-state index in [1.165, 1.54) is 6.07 Å². The first-order chi connectivity index (χ1) is 10.1. The van der Waals surface area contributed by atoms with Crippen molar-refractivity contribution in [1.29, 1.82) is 0 Å². The highest BCUT2D eigenvalue weighted by molar-refractivity contribution is 6.33. The van der Waals surface area contributed by atoms with Gasteiger partial charge in [0.25, 0.3) is 5.56 Å². The second kappa shape index (κ2) is 5.58. The molecule has 3 rings (SSSR count). The van der Waals surface area contributed by atoms with Crippen molar-refractivity contribution >= 4 is 22.9 Å². The summed E-state index contributed by atoms with van der Waals surface area (Å²) in [5.41, 5.74) is 3.08. The molecule has 2 aromatic heterocycles. The van der Waals surface area contributed by atoms with E-state index < -0.39 is 0 Å². The molecule has 21 heavy (non-hydrogen) atoms. The molecule has 4 nitrogen and oxygen atoms in total. The number of pyridine rings is 1. The maximum Gasteiger partial charge on any atom is 0.258 e. The van der Waals surface area contributed by atoms with Crippen LogP contribution in [-0.2, 0) is 6.54 Å². The molecule has 0 aliphatic heterocycles. The number of benzene rings is 1. The summed E-state index contributed by atoms with van der Waals surface area (Å²) < 4.78 is 1.55. The first kappa shape index (κ1) is 13.6. The van der Waals surface area contributed by atoms with Crippen LogP contribution in [0.5, 0.6) is 0 Å². The van der Waals surface area contributed by atoms with Crippen molar-refractivity contribution in [3.8, 4) is 0 Å². The highest BCUT2D eigenvalue weighted by Crippen LogP contribution is 2.20. The first-order valence-corrected chi connectivity index (χ1v) is 6.99. The molecule has 0 aliphatic rings. The summed E-state index contributed by atoms with van der Waals surface area (Å²) >= 11 is 6.09. The molecule has 1 aromatic carbocycles. The summed E-state index contributed by atoms with van der Waals surface area (Å²) in [4.78, 5) is 16.6. The minimum Gasteiger partial charge on any atom is -0.378 e. The predicted molar refractivity (Wildman–Crippen MR) is 85.0 cm³/mol. The van der Waals surface area contributed by atoms with Crippen LogP contribution in [0.15, 0.2) is 53.5 Å². The molecule has 0 bridgehead atoms. The number of fused-ring (bicyclic) bond motifs is 1. The van der Waals surface area contributed by atoms with E-state index in [0.717, 1.165) is 11.3 Å². The van der Waals surface area contributed by atoms with Gasteiger partial charge in [0, 0.05) is 12.3 Å². The Labute approximate surface area is 127 Å². The standard InChI is InChI=1S/C16H14ClN3O/c1-11-5-4-8-20-15(21)9-12(19-16(11)20)10-18-14-7-3-2-6-13(14)17/h2-9,18H,10H2,1H3. The molecule has 1 N–H and O–H groups in total. The zero-order valence-corrected chi connectivity index (χ0v) is 12.3. The van der Waals surface area contributed by atoms with Crippen molar-refractivity contribution in [2.75, 3.05) is 5.32 Å². The Balaban J connectivity index is 1.93. The van der Waals surface area contributed by atoms with Gasteiger partial charge in [0.05, 0.1) is 22.9 Å². The molecule has 3 aromatic rings. The minimum atomic E-state index is -0.0836. The fraction of sp³-hybridized carbons (Fsp3) is 0.125. The highest BCUT2D eigenvalue weighted by Gasteiger charge is 2.05. The molecule has 0 saturated heterocycles. The topological polar surface area (TPSA) is 46.4 Å². The third kappa shape index (κ3) is 2.76. The van der Waals surface area contributed by atoms with Crippen LogP contribution >= 0.6 is 11.6 Å². The van der Waals surface area contributed by atoms with Gasteiger partial charge in [-0.1, -0.05) is 29.8 Å². The van der Waals surface area contributed by atoms with E-state index in [1.54, 1.807) is 10.6 Å². The second-order valence-electron chi connectivity index (χ2n) is 4.80. The monoisotopic (exact) mass is 299 g/mol. The summed E-state index contributed by atoms with van der Waals surface area (Å²) in [5, 5.41) is 3.84. The third-order valence-corrected chi connectivity index (χ3v) is 3.60. The van der Waals surface area contributed by atoms with Crippen LogP contribution in [-0.4, -0.2) is 9.38 Å². The fourth-order valence-electron chi connectivity index (χ4n) is 2.19. The molecule has 0 aliphatic carbocycles. The Bertz CT molecular complexity index is 858. The number of hydrogen-bond donors (Lipinski definition) is 1. The molecule has 2 heterocycles. The Kier molecular flexibility index (Phi) is 3.62. The van der Waals surface area contributed by atoms with E-state index in [1.807, 2.05) is 43.3 Å². The third-order valence-electron chi connectivity index (χ3n) is 3.27. The van der Waals surface area contributed by atoms with Crippen molar-refractivity contribution in [3.63, 3.8) is 0 Å². The molecule has 0 fully saturated rings. The van der Waals surface area contributed by atoms with Gasteiger partial charge in [-0.25, -0.2) is 4.98 Å². The highest BCUT2D eigenvalue weighted by atomic mass is 35.5. The Morgan fingerprint density at radius 1 is 1.24 bits per heavy atom. The number of halogens is 1. The Morgan fingerprint density at radius 2 is 2.05 bits per heavy atom. The van der Waals surface area contributed by atoms with E-state index in [0.29, 0.717) is 22.9 Å². The molecule has 5 heteroatoms. The lowest BCUT2D eigenvalue weighted by Gasteiger charge is -2.09. The molecular weight excluding hydrogens is 286 g/mol. The normalized spacial score (nSPS) is 10.8. The lowest BCUT2D eigenvalue weighted by atomic mass is 10.2. The maximum absolute atomic E-state index is 12.1. The minimum absolute atomic E-state index is 0.0836. The molecular formula is C16H14ClN3O. The molecule has 0 amide bonds. The summed E-state index contributed by atoms with van der Waals surface area (Å²) in [6.07, 6.45) is 1.73. The first-order valence-electron chi connectivity index (χ1n) is 6.61. The van der Waals surface area contributed by atoms with Gasteiger partial charge in [-0.2, -0.15) is 0 Å². The van der Waals surface area contributed by atoms with E-state index in [2.05, 4.69) is 10.3 Å². The van der Waals surface area contributed by atoms with E-state index >= 15 is 0 Å². The lowest BCUT2D eigenvalue weighted by Crippen LogP contribution is -2.17. The van der Waals surface area contributed by atoms with Crippen molar-refractivity contribution in [1.82, 2.24) is 9.38 Å². The van der Waals surface area contributed by atoms with Crippen LogP contribution in [0.2, 0.25) is 5.02 Å². The fourth-order valence-corrected chi connectivity index (χ4v) is 2.39. The molecule has 0 unspecified atom stereocenters. The van der Waals surface area contributed by atoms with E-state index in [-0.39, 0.29) is 5.56 Å².